The number of carbonyl (C=O) groups is 2. The first-order valence-electron chi connectivity index (χ1n) is 6.52. The molecule has 0 radical (unpaired) electrons. The fraction of sp³-hybridized carbons (Fsp3) is 0.846. The summed E-state index contributed by atoms with van der Waals surface area (Å²) in [5, 5.41) is 2.87. The van der Waals surface area contributed by atoms with Gasteiger partial charge in [-0.2, -0.15) is 0 Å². The molecule has 1 N–H and O–H groups in total. The largest absolute Gasteiger partial charge is 0.467 e. The molecule has 1 amide bonds. The van der Waals surface area contributed by atoms with Crippen molar-refractivity contribution in [1.29, 1.82) is 0 Å². The van der Waals surface area contributed by atoms with Crippen LogP contribution in [0.25, 0.3) is 0 Å². The number of rotatable bonds is 5. The van der Waals surface area contributed by atoms with E-state index in [2.05, 4.69) is 10.2 Å². The molecule has 1 rings (SSSR count). The standard InChI is InChI=1S/C13H24N2O3/c1-5-7-13(2,12(17)18-4)14-11(16)10-6-8-15(3)9-10/h10H,5-9H2,1-4H3,(H,14,16). The van der Waals surface area contributed by atoms with Crippen molar-refractivity contribution in [2.45, 2.75) is 38.6 Å². The van der Waals surface area contributed by atoms with Gasteiger partial charge in [-0.1, -0.05) is 13.3 Å². The Bertz CT molecular complexity index is 319. The van der Waals surface area contributed by atoms with Gasteiger partial charge in [-0.15, -0.1) is 0 Å². The summed E-state index contributed by atoms with van der Waals surface area (Å²) < 4.78 is 4.79. The van der Waals surface area contributed by atoms with Crippen molar-refractivity contribution in [3.8, 4) is 0 Å². The van der Waals surface area contributed by atoms with E-state index in [-0.39, 0.29) is 17.8 Å². The molecule has 1 saturated heterocycles. The highest BCUT2D eigenvalue weighted by molar-refractivity contribution is 5.88. The molecule has 1 aliphatic rings. The first-order chi connectivity index (χ1) is 8.42. The summed E-state index contributed by atoms with van der Waals surface area (Å²) in [5.41, 5.74) is -0.901. The van der Waals surface area contributed by atoms with Gasteiger partial charge in [-0.3, -0.25) is 4.79 Å². The predicted octanol–water partition coefficient (Wildman–Crippen LogP) is 0.786. The third-order valence-corrected chi connectivity index (χ3v) is 3.55. The predicted molar refractivity (Wildman–Crippen MR) is 69.1 cm³/mol. The molecule has 0 aromatic rings. The lowest BCUT2D eigenvalue weighted by Gasteiger charge is -2.28. The second-order valence-electron chi connectivity index (χ2n) is 5.31. The highest BCUT2D eigenvalue weighted by Crippen LogP contribution is 2.19. The Morgan fingerprint density at radius 3 is 2.61 bits per heavy atom. The van der Waals surface area contributed by atoms with E-state index in [0.29, 0.717) is 6.42 Å². The van der Waals surface area contributed by atoms with Crippen LogP contribution in [-0.4, -0.2) is 49.6 Å². The van der Waals surface area contributed by atoms with Crippen molar-refractivity contribution < 1.29 is 14.3 Å². The number of ether oxygens (including phenoxy) is 1. The molecule has 1 aliphatic heterocycles. The Hall–Kier alpha value is -1.10. The molecule has 5 nitrogen and oxygen atoms in total. The van der Waals surface area contributed by atoms with E-state index in [1.54, 1.807) is 6.92 Å². The maximum absolute atomic E-state index is 12.2. The molecule has 0 aromatic heterocycles. The summed E-state index contributed by atoms with van der Waals surface area (Å²) >= 11 is 0. The van der Waals surface area contributed by atoms with Crippen molar-refractivity contribution in [3.63, 3.8) is 0 Å². The Balaban J connectivity index is 2.66. The molecule has 0 saturated carbocycles. The van der Waals surface area contributed by atoms with E-state index < -0.39 is 5.54 Å². The van der Waals surface area contributed by atoms with Gasteiger partial charge in [-0.05, 0) is 33.4 Å². The monoisotopic (exact) mass is 256 g/mol. The Labute approximate surface area is 109 Å². The van der Waals surface area contributed by atoms with Crippen LogP contribution in [0.5, 0.6) is 0 Å². The molecule has 0 bridgehead atoms. The number of hydrogen-bond acceptors (Lipinski definition) is 4. The van der Waals surface area contributed by atoms with Crippen molar-refractivity contribution in [1.82, 2.24) is 10.2 Å². The number of likely N-dealkylation sites (tertiary alicyclic amines) is 1. The molecule has 2 atom stereocenters. The molecule has 104 valence electrons. The number of esters is 1. The second-order valence-corrected chi connectivity index (χ2v) is 5.31. The molecule has 0 aromatic carbocycles. The van der Waals surface area contributed by atoms with Crippen LogP contribution >= 0.6 is 0 Å². The highest BCUT2D eigenvalue weighted by Gasteiger charge is 2.37. The van der Waals surface area contributed by atoms with Gasteiger partial charge in [0.25, 0.3) is 0 Å². The zero-order valence-electron chi connectivity index (χ0n) is 11.8. The molecular formula is C13H24N2O3. The van der Waals surface area contributed by atoms with Crippen LogP contribution in [0, 0.1) is 5.92 Å². The lowest BCUT2D eigenvalue weighted by atomic mass is 9.94. The summed E-state index contributed by atoms with van der Waals surface area (Å²) in [6.07, 6.45) is 2.26. The molecule has 2 unspecified atom stereocenters. The zero-order valence-corrected chi connectivity index (χ0v) is 11.8. The minimum Gasteiger partial charge on any atom is -0.467 e. The molecule has 1 fully saturated rings. The van der Waals surface area contributed by atoms with Crippen molar-refractivity contribution >= 4 is 11.9 Å². The molecular weight excluding hydrogens is 232 g/mol. The summed E-state index contributed by atoms with van der Waals surface area (Å²) in [4.78, 5) is 26.1. The third kappa shape index (κ3) is 3.45. The van der Waals surface area contributed by atoms with E-state index in [4.69, 9.17) is 4.74 Å². The van der Waals surface area contributed by atoms with Gasteiger partial charge < -0.3 is 15.0 Å². The first-order valence-corrected chi connectivity index (χ1v) is 6.52. The summed E-state index contributed by atoms with van der Waals surface area (Å²) in [7, 11) is 3.35. The quantitative estimate of drug-likeness (QED) is 0.739. The maximum atomic E-state index is 12.2. The van der Waals surface area contributed by atoms with Crippen LogP contribution in [0.4, 0.5) is 0 Å². The lowest BCUT2D eigenvalue weighted by molar-refractivity contribution is -0.151. The Morgan fingerprint density at radius 2 is 2.17 bits per heavy atom. The topological polar surface area (TPSA) is 58.6 Å². The van der Waals surface area contributed by atoms with Crippen LogP contribution in [0.15, 0.2) is 0 Å². The van der Waals surface area contributed by atoms with Crippen LogP contribution in [-0.2, 0) is 14.3 Å². The molecule has 0 spiro atoms. The number of nitrogens with zero attached hydrogens (tertiary/aromatic N) is 1. The molecule has 1 heterocycles. The highest BCUT2D eigenvalue weighted by atomic mass is 16.5. The van der Waals surface area contributed by atoms with Gasteiger partial charge in [0.15, 0.2) is 0 Å². The van der Waals surface area contributed by atoms with E-state index in [1.807, 2.05) is 14.0 Å². The summed E-state index contributed by atoms with van der Waals surface area (Å²) in [5.74, 6) is -0.430. The van der Waals surface area contributed by atoms with E-state index in [1.165, 1.54) is 7.11 Å². The fourth-order valence-corrected chi connectivity index (χ4v) is 2.46. The maximum Gasteiger partial charge on any atom is 0.331 e. The normalized spacial score (nSPS) is 23.4. The molecule has 5 heteroatoms. The van der Waals surface area contributed by atoms with Crippen molar-refractivity contribution in [2.24, 2.45) is 5.92 Å². The van der Waals surface area contributed by atoms with Gasteiger partial charge in [0, 0.05) is 6.54 Å². The van der Waals surface area contributed by atoms with Crippen molar-refractivity contribution in [2.75, 3.05) is 27.2 Å². The average molecular weight is 256 g/mol. The van der Waals surface area contributed by atoms with E-state index in [0.717, 1.165) is 25.9 Å². The second kappa shape index (κ2) is 6.18. The number of amides is 1. The number of methoxy groups -OCH3 is 1. The number of carbonyl (C=O) groups excluding carboxylic acids is 2. The van der Waals surface area contributed by atoms with Crippen LogP contribution in [0.3, 0.4) is 0 Å². The number of hydrogen-bond donors (Lipinski definition) is 1. The minimum absolute atomic E-state index is 0.0177. The van der Waals surface area contributed by atoms with Gasteiger partial charge in [-0.25, -0.2) is 4.79 Å². The van der Waals surface area contributed by atoms with Crippen LogP contribution in [0.1, 0.15) is 33.1 Å². The van der Waals surface area contributed by atoms with E-state index >= 15 is 0 Å². The zero-order chi connectivity index (χ0) is 13.8. The Morgan fingerprint density at radius 1 is 1.50 bits per heavy atom. The van der Waals surface area contributed by atoms with Crippen LogP contribution < -0.4 is 5.32 Å². The third-order valence-electron chi connectivity index (χ3n) is 3.55. The van der Waals surface area contributed by atoms with Gasteiger partial charge in [0.1, 0.15) is 5.54 Å². The lowest BCUT2D eigenvalue weighted by Crippen LogP contribution is -2.54. The van der Waals surface area contributed by atoms with Gasteiger partial charge in [0.2, 0.25) is 5.91 Å². The first kappa shape index (κ1) is 15.0. The Kier molecular flexibility index (Phi) is 5.14. The van der Waals surface area contributed by atoms with E-state index in [9.17, 15) is 9.59 Å². The SMILES string of the molecule is CCCC(C)(NC(=O)C1CCN(C)C1)C(=O)OC. The molecule has 18 heavy (non-hydrogen) atoms. The minimum atomic E-state index is -0.901. The van der Waals surface area contributed by atoms with Gasteiger partial charge >= 0.3 is 5.97 Å². The number of nitrogens with one attached hydrogen (secondary N) is 1. The van der Waals surface area contributed by atoms with Crippen LogP contribution in [0.2, 0.25) is 0 Å². The average Bonchev–Trinajstić information content (AvgIpc) is 2.75. The molecule has 0 aliphatic carbocycles. The fourth-order valence-electron chi connectivity index (χ4n) is 2.46. The summed E-state index contributed by atoms with van der Waals surface area (Å²) in [6, 6.07) is 0. The summed E-state index contributed by atoms with van der Waals surface area (Å²) in [6.45, 7) is 5.41. The van der Waals surface area contributed by atoms with Crippen molar-refractivity contribution in [3.05, 3.63) is 0 Å². The van der Waals surface area contributed by atoms with Gasteiger partial charge in [0.05, 0.1) is 13.0 Å². The smallest absolute Gasteiger partial charge is 0.331 e.